The highest BCUT2D eigenvalue weighted by molar-refractivity contribution is 5.95. The summed E-state index contributed by atoms with van der Waals surface area (Å²) < 4.78 is 19.4. The number of rotatable bonds is 8. The summed E-state index contributed by atoms with van der Waals surface area (Å²) in [5.41, 5.74) is 7.73. The molecule has 0 spiro atoms. The number of halogens is 1. The Kier molecular flexibility index (Phi) is 6.11. The number of nitrogen functional groups attached to an aromatic ring is 1. The number of pyridine rings is 1. The minimum Gasteiger partial charge on any atom is -0.477 e. The molecule has 7 nitrogen and oxygen atoms in total. The Bertz CT molecular complexity index is 963. The lowest BCUT2D eigenvalue weighted by Crippen LogP contribution is -2.09. The predicted molar refractivity (Wildman–Crippen MR) is 104 cm³/mol. The molecule has 3 aromatic rings. The summed E-state index contributed by atoms with van der Waals surface area (Å²) in [5, 5.41) is 3.05. The molecule has 0 fully saturated rings. The van der Waals surface area contributed by atoms with Crippen LogP contribution in [0.4, 0.5) is 15.9 Å². The van der Waals surface area contributed by atoms with Crippen LogP contribution in [0.3, 0.4) is 0 Å². The van der Waals surface area contributed by atoms with E-state index >= 15 is 0 Å². The number of hydrogen-bond acceptors (Lipinski definition) is 7. The minimum atomic E-state index is -0.369. The molecular formula is C20H20FN5O2. The lowest BCUT2D eigenvalue weighted by molar-refractivity contribution is 0.0987. The van der Waals surface area contributed by atoms with Crippen LogP contribution in [-0.2, 0) is 13.0 Å². The summed E-state index contributed by atoms with van der Waals surface area (Å²) in [7, 11) is 0. The highest BCUT2D eigenvalue weighted by Gasteiger charge is 2.12. The Morgan fingerprint density at radius 2 is 2.07 bits per heavy atom. The van der Waals surface area contributed by atoms with Gasteiger partial charge in [-0.05, 0) is 30.7 Å². The summed E-state index contributed by atoms with van der Waals surface area (Å²) in [4.78, 5) is 24.5. The van der Waals surface area contributed by atoms with Crippen LogP contribution in [0, 0.1) is 5.82 Å². The Hall–Kier alpha value is -3.55. The van der Waals surface area contributed by atoms with Gasteiger partial charge < -0.3 is 15.8 Å². The molecular weight excluding hydrogens is 361 g/mol. The fraction of sp³-hybridized carbons (Fsp3) is 0.200. The van der Waals surface area contributed by atoms with Crippen LogP contribution < -0.4 is 15.8 Å². The van der Waals surface area contributed by atoms with Crippen LogP contribution in [0.1, 0.15) is 28.5 Å². The van der Waals surface area contributed by atoms with E-state index in [0.29, 0.717) is 35.1 Å². The Morgan fingerprint density at radius 1 is 1.21 bits per heavy atom. The van der Waals surface area contributed by atoms with E-state index in [1.54, 1.807) is 30.5 Å². The highest BCUT2D eigenvalue weighted by atomic mass is 19.1. The van der Waals surface area contributed by atoms with Crippen molar-refractivity contribution in [3.05, 3.63) is 71.6 Å². The molecule has 28 heavy (non-hydrogen) atoms. The normalized spacial score (nSPS) is 10.5. The third-order valence-electron chi connectivity index (χ3n) is 3.99. The van der Waals surface area contributed by atoms with Gasteiger partial charge in [0.2, 0.25) is 5.88 Å². The second-order valence-electron chi connectivity index (χ2n) is 5.99. The van der Waals surface area contributed by atoms with Crippen molar-refractivity contribution in [2.75, 3.05) is 17.7 Å². The predicted octanol–water partition coefficient (Wildman–Crippen LogP) is 3.03. The van der Waals surface area contributed by atoms with Crippen molar-refractivity contribution in [1.29, 1.82) is 0 Å². The molecule has 0 atom stereocenters. The molecule has 2 heterocycles. The fourth-order valence-electron chi connectivity index (χ4n) is 2.59. The standard InChI is InChI=1S/C20H20FN5O2/c1-2-28-19-12-25-17(11-26-19)18(27)9-13-5-6-15(21)14(8-13)10-24-16-4-3-7-23-20(16)22/h3-8,11-12,24H,2,9-10H2,1H3,(H2,22,23). The lowest BCUT2D eigenvalue weighted by Gasteiger charge is -2.10. The number of nitrogens with two attached hydrogens (primary N) is 1. The topological polar surface area (TPSA) is 103 Å². The molecule has 0 saturated heterocycles. The first-order chi connectivity index (χ1) is 13.6. The number of anilines is 2. The average Bonchev–Trinajstić information content (AvgIpc) is 2.70. The number of ether oxygens (including phenoxy) is 1. The van der Waals surface area contributed by atoms with Crippen molar-refractivity contribution in [2.24, 2.45) is 0 Å². The van der Waals surface area contributed by atoms with Gasteiger partial charge in [0, 0.05) is 24.7 Å². The largest absolute Gasteiger partial charge is 0.477 e. The zero-order chi connectivity index (χ0) is 19.9. The van der Waals surface area contributed by atoms with Crippen molar-refractivity contribution in [3.63, 3.8) is 0 Å². The monoisotopic (exact) mass is 381 g/mol. The van der Waals surface area contributed by atoms with Gasteiger partial charge in [0.25, 0.3) is 0 Å². The van der Waals surface area contributed by atoms with Crippen LogP contribution in [0.5, 0.6) is 5.88 Å². The molecule has 0 unspecified atom stereocenters. The smallest absolute Gasteiger partial charge is 0.232 e. The Labute approximate surface area is 161 Å². The maximum absolute atomic E-state index is 14.1. The quantitative estimate of drug-likeness (QED) is 0.578. The summed E-state index contributed by atoms with van der Waals surface area (Å²) >= 11 is 0. The van der Waals surface area contributed by atoms with E-state index < -0.39 is 0 Å². The molecule has 0 saturated carbocycles. The third-order valence-corrected chi connectivity index (χ3v) is 3.99. The number of carbonyl (C=O) groups excluding carboxylic acids is 1. The Balaban J connectivity index is 1.68. The van der Waals surface area contributed by atoms with Gasteiger partial charge in [-0.25, -0.2) is 19.3 Å². The van der Waals surface area contributed by atoms with Crippen LogP contribution >= 0.6 is 0 Å². The Morgan fingerprint density at radius 3 is 2.79 bits per heavy atom. The van der Waals surface area contributed by atoms with Gasteiger partial charge in [-0.1, -0.05) is 12.1 Å². The van der Waals surface area contributed by atoms with E-state index in [4.69, 9.17) is 10.5 Å². The molecule has 3 N–H and O–H groups in total. The zero-order valence-corrected chi connectivity index (χ0v) is 15.4. The van der Waals surface area contributed by atoms with Gasteiger partial charge in [0.15, 0.2) is 5.78 Å². The van der Waals surface area contributed by atoms with E-state index in [1.165, 1.54) is 18.5 Å². The molecule has 0 aliphatic heterocycles. The molecule has 2 aromatic heterocycles. The SMILES string of the molecule is CCOc1cnc(C(=O)Cc2ccc(F)c(CNc3cccnc3N)c2)cn1. The molecule has 0 radical (unpaired) electrons. The van der Waals surface area contributed by atoms with Crippen molar-refractivity contribution >= 4 is 17.3 Å². The number of aromatic nitrogens is 3. The zero-order valence-electron chi connectivity index (χ0n) is 15.4. The van der Waals surface area contributed by atoms with Gasteiger partial charge in [-0.3, -0.25) is 4.79 Å². The van der Waals surface area contributed by atoms with Crippen molar-refractivity contribution in [3.8, 4) is 5.88 Å². The molecule has 144 valence electrons. The molecule has 1 aromatic carbocycles. The highest BCUT2D eigenvalue weighted by Crippen LogP contribution is 2.18. The molecule has 0 amide bonds. The first kappa shape index (κ1) is 19.2. The number of Topliss-reactive ketones (excluding diaryl/α,β-unsaturated/α-hetero) is 1. The lowest BCUT2D eigenvalue weighted by atomic mass is 10.0. The van der Waals surface area contributed by atoms with Crippen LogP contribution in [0.2, 0.25) is 0 Å². The number of ketones is 1. The summed E-state index contributed by atoms with van der Waals surface area (Å²) in [5.74, 6) is 0.122. The summed E-state index contributed by atoms with van der Waals surface area (Å²) in [6, 6.07) is 8.07. The van der Waals surface area contributed by atoms with Gasteiger partial charge in [-0.2, -0.15) is 0 Å². The maximum Gasteiger partial charge on any atom is 0.232 e. The summed E-state index contributed by atoms with van der Waals surface area (Å²) in [6.07, 6.45) is 4.46. The number of nitrogens with one attached hydrogen (secondary N) is 1. The number of carbonyl (C=O) groups is 1. The molecule has 0 aliphatic carbocycles. The van der Waals surface area contributed by atoms with Crippen LogP contribution in [0.15, 0.2) is 48.9 Å². The van der Waals surface area contributed by atoms with Crippen molar-refractivity contribution in [2.45, 2.75) is 19.9 Å². The third kappa shape index (κ3) is 4.79. The van der Waals surface area contributed by atoms with Gasteiger partial charge in [0.1, 0.15) is 17.3 Å². The first-order valence-electron chi connectivity index (χ1n) is 8.76. The first-order valence-corrected chi connectivity index (χ1v) is 8.76. The second-order valence-corrected chi connectivity index (χ2v) is 5.99. The van der Waals surface area contributed by atoms with E-state index in [9.17, 15) is 9.18 Å². The fourth-order valence-corrected chi connectivity index (χ4v) is 2.59. The minimum absolute atomic E-state index is 0.0883. The molecule has 0 bridgehead atoms. The average molecular weight is 381 g/mol. The van der Waals surface area contributed by atoms with Gasteiger partial charge in [0.05, 0.1) is 24.7 Å². The van der Waals surface area contributed by atoms with E-state index in [1.807, 2.05) is 6.92 Å². The van der Waals surface area contributed by atoms with Gasteiger partial charge >= 0.3 is 0 Å². The van der Waals surface area contributed by atoms with E-state index in [-0.39, 0.29) is 30.3 Å². The number of hydrogen-bond donors (Lipinski definition) is 2. The van der Waals surface area contributed by atoms with E-state index in [2.05, 4.69) is 20.3 Å². The summed E-state index contributed by atoms with van der Waals surface area (Å²) in [6.45, 7) is 2.52. The van der Waals surface area contributed by atoms with Gasteiger partial charge in [-0.15, -0.1) is 0 Å². The molecule has 3 rings (SSSR count). The van der Waals surface area contributed by atoms with Crippen LogP contribution in [-0.4, -0.2) is 27.3 Å². The van der Waals surface area contributed by atoms with Crippen molar-refractivity contribution in [1.82, 2.24) is 15.0 Å². The van der Waals surface area contributed by atoms with Crippen LogP contribution in [0.25, 0.3) is 0 Å². The van der Waals surface area contributed by atoms with Crippen molar-refractivity contribution < 1.29 is 13.9 Å². The molecule has 0 aliphatic rings. The molecule has 8 heteroatoms. The van der Waals surface area contributed by atoms with E-state index in [0.717, 1.165) is 0 Å². The number of benzene rings is 1. The second kappa shape index (κ2) is 8.90. The maximum atomic E-state index is 14.1. The number of nitrogens with zero attached hydrogens (tertiary/aromatic N) is 3.